The first-order valence-electron chi connectivity index (χ1n) is 6.95. The molecule has 2 heteroatoms. The van der Waals surface area contributed by atoms with Crippen molar-refractivity contribution in [3.63, 3.8) is 0 Å². The Morgan fingerprint density at radius 3 is 2.47 bits per heavy atom. The highest BCUT2D eigenvalue weighted by atomic mass is 19.1. The monoisotopic (exact) mass is 261 g/mol. The molecule has 0 aliphatic heterocycles. The first-order valence-corrected chi connectivity index (χ1v) is 6.95. The van der Waals surface area contributed by atoms with Crippen LogP contribution in [0.25, 0.3) is 0 Å². The zero-order valence-electron chi connectivity index (χ0n) is 12.2. The molecular weight excluding hydrogens is 237 g/mol. The number of terminal acetylenes is 1. The smallest absolute Gasteiger partial charge is 0.123 e. The molecule has 0 heterocycles. The van der Waals surface area contributed by atoms with E-state index in [1.165, 1.54) is 12.1 Å². The van der Waals surface area contributed by atoms with E-state index in [0.717, 1.165) is 31.4 Å². The number of benzene rings is 1. The third-order valence-electron chi connectivity index (χ3n) is 3.68. The van der Waals surface area contributed by atoms with Gasteiger partial charge >= 0.3 is 0 Å². The van der Waals surface area contributed by atoms with Crippen LogP contribution in [0.3, 0.4) is 0 Å². The van der Waals surface area contributed by atoms with Gasteiger partial charge in [-0.3, -0.25) is 0 Å². The fourth-order valence-corrected chi connectivity index (χ4v) is 2.34. The summed E-state index contributed by atoms with van der Waals surface area (Å²) in [5, 5.41) is 3.57. The third-order valence-corrected chi connectivity index (χ3v) is 3.68. The zero-order chi connectivity index (χ0) is 14.3. The Labute approximate surface area is 116 Å². The van der Waals surface area contributed by atoms with E-state index in [0.29, 0.717) is 6.04 Å². The van der Waals surface area contributed by atoms with Crippen LogP contribution in [0.15, 0.2) is 24.3 Å². The van der Waals surface area contributed by atoms with Gasteiger partial charge in [-0.25, -0.2) is 4.39 Å². The van der Waals surface area contributed by atoms with Crippen molar-refractivity contribution in [1.82, 2.24) is 5.32 Å². The highest BCUT2D eigenvalue weighted by Crippen LogP contribution is 2.29. The average molecular weight is 261 g/mol. The predicted molar refractivity (Wildman–Crippen MR) is 79.6 cm³/mol. The van der Waals surface area contributed by atoms with E-state index in [-0.39, 0.29) is 11.2 Å². The molecule has 1 unspecified atom stereocenters. The summed E-state index contributed by atoms with van der Waals surface area (Å²) in [5.74, 6) is 2.51. The lowest BCUT2D eigenvalue weighted by molar-refractivity contribution is 0.325. The first kappa shape index (κ1) is 15.7. The van der Waals surface area contributed by atoms with Crippen molar-refractivity contribution >= 4 is 0 Å². The molecule has 0 saturated carbocycles. The maximum Gasteiger partial charge on any atom is 0.123 e. The molecule has 0 amide bonds. The number of hydrogen-bond acceptors (Lipinski definition) is 1. The van der Waals surface area contributed by atoms with Gasteiger partial charge in [-0.2, -0.15) is 0 Å². The molecule has 0 spiro atoms. The molecule has 1 aromatic carbocycles. The Hall–Kier alpha value is -1.33. The lowest BCUT2D eigenvalue weighted by Gasteiger charge is -2.35. The van der Waals surface area contributed by atoms with Crippen molar-refractivity contribution in [1.29, 1.82) is 0 Å². The summed E-state index contributed by atoms with van der Waals surface area (Å²) in [6.07, 6.45) is 8.16. The zero-order valence-corrected chi connectivity index (χ0v) is 12.2. The van der Waals surface area contributed by atoms with E-state index in [4.69, 9.17) is 6.42 Å². The summed E-state index contributed by atoms with van der Waals surface area (Å²) < 4.78 is 13.0. The summed E-state index contributed by atoms with van der Waals surface area (Å²) >= 11 is 0. The van der Waals surface area contributed by atoms with E-state index in [2.05, 4.69) is 32.0 Å². The van der Waals surface area contributed by atoms with Crippen LogP contribution in [0.4, 0.5) is 4.39 Å². The summed E-state index contributed by atoms with van der Waals surface area (Å²) in [4.78, 5) is 0. The molecular formula is C17H24FN. The van der Waals surface area contributed by atoms with Crippen LogP contribution in [-0.2, 0) is 5.41 Å². The van der Waals surface area contributed by atoms with Crippen LogP contribution in [0.1, 0.15) is 45.6 Å². The Balaban J connectivity index is 2.90. The molecule has 104 valence electrons. The van der Waals surface area contributed by atoms with Gasteiger partial charge in [0.2, 0.25) is 0 Å². The minimum absolute atomic E-state index is 0.0697. The highest BCUT2D eigenvalue weighted by molar-refractivity contribution is 5.26. The van der Waals surface area contributed by atoms with Crippen LogP contribution in [0.2, 0.25) is 0 Å². The molecule has 1 atom stereocenters. The standard InChI is InChI=1S/C17H24FN/c1-5-7-8-16(19-13-6-2)17(3,4)14-9-11-15(18)12-10-14/h1,9-12,16,19H,6-8,13H2,2-4H3. The summed E-state index contributed by atoms with van der Waals surface area (Å²) in [7, 11) is 0. The van der Waals surface area contributed by atoms with E-state index in [1.54, 1.807) is 0 Å². The second kappa shape index (κ2) is 7.31. The van der Waals surface area contributed by atoms with Crippen molar-refractivity contribution < 1.29 is 4.39 Å². The largest absolute Gasteiger partial charge is 0.313 e. The number of nitrogens with one attached hydrogen (secondary N) is 1. The lowest BCUT2D eigenvalue weighted by atomic mass is 9.76. The van der Waals surface area contributed by atoms with Crippen LogP contribution >= 0.6 is 0 Å². The van der Waals surface area contributed by atoms with Crippen LogP contribution in [-0.4, -0.2) is 12.6 Å². The molecule has 1 nitrogen and oxygen atoms in total. The Kier molecular flexibility index (Phi) is 6.05. The molecule has 0 fully saturated rings. The summed E-state index contributed by atoms with van der Waals surface area (Å²) in [6.45, 7) is 7.49. The van der Waals surface area contributed by atoms with Crippen molar-refractivity contribution in [3.05, 3.63) is 35.6 Å². The molecule has 0 bridgehead atoms. The Morgan fingerprint density at radius 2 is 1.95 bits per heavy atom. The topological polar surface area (TPSA) is 12.0 Å². The van der Waals surface area contributed by atoms with Gasteiger partial charge in [0.15, 0.2) is 0 Å². The lowest BCUT2D eigenvalue weighted by Crippen LogP contribution is -2.45. The second-order valence-corrected chi connectivity index (χ2v) is 5.48. The summed E-state index contributed by atoms with van der Waals surface area (Å²) in [5.41, 5.74) is 1.07. The molecule has 0 aliphatic rings. The number of hydrogen-bond donors (Lipinski definition) is 1. The minimum atomic E-state index is -0.193. The van der Waals surface area contributed by atoms with Gasteiger partial charge in [0, 0.05) is 17.9 Å². The van der Waals surface area contributed by atoms with Crippen LogP contribution in [0.5, 0.6) is 0 Å². The Bertz CT molecular complexity index is 414. The van der Waals surface area contributed by atoms with Gasteiger partial charge in [-0.1, -0.05) is 32.9 Å². The second-order valence-electron chi connectivity index (χ2n) is 5.48. The minimum Gasteiger partial charge on any atom is -0.313 e. The molecule has 1 aromatic rings. The van der Waals surface area contributed by atoms with Crippen molar-refractivity contribution in [2.24, 2.45) is 0 Å². The van der Waals surface area contributed by atoms with Crippen molar-refractivity contribution in [3.8, 4) is 12.3 Å². The normalized spacial score (nSPS) is 13.0. The average Bonchev–Trinajstić information content (AvgIpc) is 2.39. The van der Waals surface area contributed by atoms with E-state index in [1.807, 2.05) is 12.1 Å². The van der Waals surface area contributed by atoms with Crippen molar-refractivity contribution in [2.45, 2.75) is 51.5 Å². The molecule has 0 saturated heterocycles. The van der Waals surface area contributed by atoms with E-state index < -0.39 is 0 Å². The maximum absolute atomic E-state index is 13.0. The van der Waals surface area contributed by atoms with Gasteiger partial charge in [0.25, 0.3) is 0 Å². The van der Waals surface area contributed by atoms with Gasteiger partial charge in [-0.05, 0) is 37.1 Å². The molecule has 1 rings (SSSR count). The molecule has 19 heavy (non-hydrogen) atoms. The van der Waals surface area contributed by atoms with Gasteiger partial charge < -0.3 is 5.32 Å². The highest BCUT2D eigenvalue weighted by Gasteiger charge is 2.30. The quantitative estimate of drug-likeness (QED) is 0.734. The van der Waals surface area contributed by atoms with Crippen molar-refractivity contribution in [2.75, 3.05) is 6.54 Å². The first-order chi connectivity index (χ1) is 9.02. The van der Waals surface area contributed by atoms with E-state index >= 15 is 0 Å². The molecule has 0 radical (unpaired) electrons. The third kappa shape index (κ3) is 4.36. The molecule has 0 aliphatic carbocycles. The van der Waals surface area contributed by atoms with Gasteiger partial charge in [0.05, 0.1) is 0 Å². The fraction of sp³-hybridized carbons (Fsp3) is 0.529. The fourth-order valence-electron chi connectivity index (χ4n) is 2.34. The van der Waals surface area contributed by atoms with E-state index in [9.17, 15) is 4.39 Å². The number of halogens is 1. The molecule has 1 N–H and O–H groups in total. The Morgan fingerprint density at radius 1 is 1.32 bits per heavy atom. The van der Waals surface area contributed by atoms with Crippen LogP contribution in [0, 0.1) is 18.2 Å². The molecule has 0 aromatic heterocycles. The SMILES string of the molecule is C#CCCC(NCCC)C(C)(C)c1ccc(F)cc1. The van der Waals surface area contributed by atoms with Crippen LogP contribution < -0.4 is 5.32 Å². The number of rotatable bonds is 7. The summed E-state index contributed by atoms with van der Waals surface area (Å²) in [6, 6.07) is 7.08. The maximum atomic E-state index is 13.0. The van der Waals surface area contributed by atoms with Gasteiger partial charge in [-0.15, -0.1) is 12.3 Å². The van der Waals surface area contributed by atoms with Gasteiger partial charge in [0.1, 0.15) is 5.82 Å². The predicted octanol–water partition coefficient (Wildman–Crippen LogP) is 3.88.